The van der Waals surface area contributed by atoms with Crippen LogP contribution in [0.1, 0.15) is 11.1 Å². The molecule has 0 bridgehead atoms. The number of nitrogens with one attached hydrogen (secondary N) is 2. The van der Waals surface area contributed by atoms with E-state index in [1.165, 1.54) is 21.9 Å². The normalized spacial score (nSPS) is 7.89. The zero-order valence-electron chi connectivity index (χ0n) is 10.3. The largest absolute Gasteiger partial charge is 0.231 e. The summed E-state index contributed by atoms with van der Waals surface area (Å²) in [5.74, 6) is 0. The van der Waals surface area contributed by atoms with E-state index >= 15 is 0 Å². The molecule has 0 aromatic heterocycles. The molecule has 0 amide bonds. The first-order valence-electron chi connectivity index (χ1n) is 5.14. The average Bonchev–Trinajstić information content (AvgIpc) is 2.31. The highest BCUT2D eigenvalue weighted by Gasteiger charge is 1.94. The van der Waals surface area contributed by atoms with Crippen LogP contribution >= 0.6 is 0 Å². The molecule has 0 aliphatic carbocycles. The summed E-state index contributed by atoms with van der Waals surface area (Å²) >= 11 is 0. The summed E-state index contributed by atoms with van der Waals surface area (Å²) in [6.45, 7) is 4.28. The van der Waals surface area contributed by atoms with Crippen molar-refractivity contribution in [2.45, 2.75) is 13.8 Å². The molecule has 4 nitrogen and oxygen atoms in total. The molecule has 2 aromatic rings. The van der Waals surface area contributed by atoms with Gasteiger partial charge in [-0.15, -0.1) is 0 Å². The highest BCUT2D eigenvalue weighted by atomic mass is 16.1. The summed E-state index contributed by atoms with van der Waals surface area (Å²) in [7, 11) is 0. The van der Waals surface area contributed by atoms with Gasteiger partial charge in [-0.1, -0.05) is 42.0 Å². The van der Waals surface area contributed by atoms with Gasteiger partial charge in [0.1, 0.15) is 0 Å². The van der Waals surface area contributed by atoms with Crippen LogP contribution < -0.4 is 0 Å². The summed E-state index contributed by atoms with van der Waals surface area (Å²) in [6, 6.07) is 13.0. The Bertz CT molecular complexity index is 567. The van der Waals surface area contributed by atoms with Crippen molar-refractivity contribution in [2.75, 3.05) is 0 Å². The molecule has 2 aromatic carbocycles. The fourth-order valence-corrected chi connectivity index (χ4v) is 1.57. The van der Waals surface area contributed by atoms with Crippen molar-refractivity contribution in [1.29, 1.82) is 10.8 Å². The first-order valence-corrected chi connectivity index (χ1v) is 5.14. The van der Waals surface area contributed by atoms with Gasteiger partial charge >= 0.3 is 0 Å². The molecular formula is C14H14N2O2. The summed E-state index contributed by atoms with van der Waals surface area (Å²) in [5.41, 5.74) is 2.68. The molecule has 0 spiro atoms. The van der Waals surface area contributed by atoms with Crippen LogP contribution in [0.25, 0.3) is 10.8 Å². The van der Waals surface area contributed by atoms with Crippen LogP contribution in [0, 0.1) is 24.7 Å². The van der Waals surface area contributed by atoms with Crippen LogP contribution in [0.15, 0.2) is 36.4 Å². The summed E-state index contributed by atoms with van der Waals surface area (Å²) in [4.78, 5) is 16.7. The number of carbonyl (C=O) groups excluding carboxylic acids is 2. The Kier molecular flexibility index (Phi) is 7.38. The third-order valence-electron chi connectivity index (χ3n) is 2.25. The molecule has 0 saturated heterocycles. The Labute approximate surface area is 105 Å². The van der Waals surface area contributed by atoms with Crippen molar-refractivity contribution >= 4 is 22.9 Å². The van der Waals surface area contributed by atoms with Gasteiger partial charge in [-0.2, -0.15) is 0 Å². The lowest BCUT2D eigenvalue weighted by molar-refractivity contribution is 0.562. The standard InChI is InChI=1S/C12H12.2CHNO/c1-9-6-7-12-10(2)4-3-5-11(12)8-9;2*2-1-3/h3-8H,1-2H3;2*2H. The van der Waals surface area contributed by atoms with E-state index in [4.69, 9.17) is 20.4 Å². The number of aryl methyl sites for hydroxylation is 2. The molecule has 2 N–H and O–H groups in total. The van der Waals surface area contributed by atoms with Crippen LogP contribution in [-0.2, 0) is 9.59 Å². The Morgan fingerprint density at radius 3 is 2.06 bits per heavy atom. The number of hydrogen-bond donors (Lipinski definition) is 2. The Morgan fingerprint density at radius 1 is 0.944 bits per heavy atom. The molecule has 92 valence electrons. The van der Waals surface area contributed by atoms with Crippen LogP contribution in [0.5, 0.6) is 0 Å². The van der Waals surface area contributed by atoms with Crippen LogP contribution in [0.2, 0.25) is 0 Å². The lowest BCUT2D eigenvalue weighted by Crippen LogP contribution is -1.78. The van der Waals surface area contributed by atoms with Crippen molar-refractivity contribution in [2.24, 2.45) is 0 Å². The highest BCUT2D eigenvalue weighted by molar-refractivity contribution is 5.86. The molecule has 4 heteroatoms. The van der Waals surface area contributed by atoms with Gasteiger partial charge in [0.15, 0.2) is 0 Å². The molecule has 0 radical (unpaired) electrons. The minimum atomic E-state index is 0.750. The number of isocyanates is 2. The fraction of sp³-hybridized carbons (Fsp3) is 0.143. The van der Waals surface area contributed by atoms with E-state index in [9.17, 15) is 0 Å². The summed E-state index contributed by atoms with van der Waals surface area (Å²) in [6.07, 6.45) is 1.50. The lowest BCUT2D eigenvalue weighted by Gasteiger charge is -2.01. The van der Waals surface area contributed by atoms with Gasteiger partial charge in [0.05, 0.1) is 0 Å². The molecule has 0 fully saturated rings. The number of fused-ring (bicyclic) bond motifs is 1. The summed E-state index contributed by atoms with van der Waals surface area (Å²) < 4.78 is 0. The third kappa shape index (κ3) is 4.99. The van der Waals surface area contributed by atoms with E-state index < -0.39 is 0 Å². The van der Waals surface area contributed by atoms with E-state index in [0.717, 1.165) is 12.2 Å². The van der Waals surface area contributed by atoms with Gasteiger partial charge in [-0.25, -0.2) is 20.4 Å². The van der Waals surface area contributed by atoms with Crippen LogP contribution in [0.3, 0.4) is 0 Å². The molecule has 0 atom stereocenters. The quantitative estimate of drug-likeness (QED) is 0.549. The van der Waals surface area contributed by atoms with E-state index in [1.54, 1.807) is 0 Å². The minimum absolute atomic E-state index is 0.750. The Morgan fingerprint density at radius 2 is 1.50 bits per heavy atom. The van der Waals surface area contributed by atoms with Crippen molar-refractivity contribution in [1.82, 2.24) is 0 Å². The topological polar surface area (TPSA) is 81.8 Å². The number of hydrogen-bond acceptors (Lipinski definition) is 4. The van der Waals surface area contributed by atoms with E-state index in [2.05, 4.69) is 50.2 Å². The molecular weight excluding hydrogens is 228 g/mol. The van der Waals surface area contributed by atoms with Crippen molar-refractivity contribution in [3.63, 3.8) is 0 Å². The van der Waals surface area contributed by atoms with Gasteiger partial charge in [-0.05, 0) is 30.2 Å². The Hall–Kier alpha value is -2.54. The fourth-order valence-electron chi connectivity index (χ4n) is 1.57. The monoisotopic (exact) mass is 242 g/mol. The zero-order valence-corrected chi connectivity index (χ0v) is 10.3. The van der Waals surface area contributed by atoms with Gasteiger partial charge in [0.2, 0.25) is 12.2 Å². The van der Waals surface area contributed by atoms with Gasteiger partial charge in [-0.3, -0.25) is 0 Å². The average molecular weight is 242 g/mol. The van der Waals surface area contributed by atoms with Crippen LogP contribution in [0.4, 0.5) is 0 Å². The second kappa shape index (κ2) is 8.59. The van der Waals surface area contributed by atoms with E-state index in [1.807, 2.05) is 0 Å². The first-order chi connectivity index (χ1) is 8.60. The van der Waals surface area contributed by atoms with E-state index in [0.29, 0.717) is 0 Å². The van der Waals surface area contributed by atoms with Crippen molar-refractivity contribution < 1.29 is 9.59 Å². The maximum Gasteiger partial charge on any atom is 0.231 e. The van der Waals surface area contributed by atoms with Gasteiger partial charge in [0.25, 0.3) is 0 Å². The molecule has 0 aliphatic rings. The number of rotatable bonds is 0. The summed E-state index contributed by atoms with van der Waals surface area (Å²) in [5, 5.41) is 13.5. The van der Waals surface area contributed by atoms with Gasteiger partial charge < -0.3 is 0 Å². The van der Waals surface area contributed by atoms with E-state index in [-0.39, 0.29) is 0 Å². The first kappa shape index (κ1) is 15.5. The smallest absolute Gasteiger partial charge is 0.222 e. The third-order valence-corrected chi connectivity index (χ3v) is 2.25. The maximum atomic E-state index is 8.35. The second-order valence-corrected chi connectivity index (χ2v) is 3.50. The predicted octanol–water partition coefficient (Wildman–Crippen LogP) is 3.26. The molecule has 0 heterocycles. The number of benzene rings is 2. The molecule has 2 rings (SSSR count). The lowest BCUT2D eigenvalue weighted by atomic mass is 10.0. The molecule has 0 aliphatic heterocycles. The van der Waals surface area contributed by atoms with Crippen LogP contribution in [-0.4, -0.2) is 12.2 Å². The molecule has 18 heavy (non-hydrogen) atoms. The van der Waals surface area contributed by atoms with Crippen molar-refractivity contribution in [3.8, 4) is 0 Å². The van der Waals surface area contributed by atoms with Crippen molar-refractivity contribution in [3.05, 3.63) is 47.5 Å². The maximum absolute atomic E-state index is 8.35. The Balaban J connectivity index is 0.000000414. The zero-order chi connectivity index (χ0) is 14.0. The minimum Gasteiger partial charge on any atom is -0.222 e. The van der Waals surface area contributed by atoms with Gasteiger partial charge in [0, 0.05) is 0 Å². The SMILES string of the molecule is Cc1ccc2c(C)cccc2c1.N=C=O.N=C=O. The second-order valence-electron chi connectivity index (χ2n) is 3.50. The molecule has 0 saturated carbocycles. The predicted molar refractivity (Wildman–Crippen MR) is 70.2 cm³/mol. The highest BCUT2D eigenvalue weighted by Crippen LogP contribution is 2.18. The molecule has 0 unspecified atom stereocenters.